The molecule has 1 amide bonds. The number of allylic oxidation sites excluding steroid dienone is 4. The van der Waals surface area contributed by atoms with Gasteiger partial charge in [-0.3, -0.25) is 4.79 Å². The molecule has 6 rings (SSSR count). The van der Waals surface area contributed by atoms with Crippen LogP contribution >= 0.6 is 0 Å². The number of amides is 1. The molecule has 1 saturated carbocycles. The van der Waals surface area contributed by atoms with E-state index < -0.39 is 56.0 Å². The molecule has 2 aromatic carbocycles. The number of rotatable bonds is 7. The Kier molecular flexibility index (Phi) is 7.80. The van der Waals surface area contributed by atoms with Gasteiger partial charge in [0.1, 0.15) is 12.4 Å². The minimum Gasteiger partial charge on any atom is -0.310 e. The lowest BCUT2D eigenvalue weighted by atomic mass is 9.84. The molecule has 0 radical (unpaired) electrons. The first-order valence-corrected chi connectivity index (χ1v) is 15.5. The van der Waals surface area contributed by atoms with Gasteiger partial charge in [-0.05, 0) is 48.5 Å². The van der Waals surface area contributed by atoms with Crippen molar-refractivity contribution in [2.24, 2.45) is 9.98 Å². The highest BCUT2D eigenvalue weighted by Gasteiger charge is 2.48. The fourth-order valence-corrected chi connectivity index (χ4v) is 7.75. The third-order valence-corrected chi connectivity index (χ3v) is 10.4. The van der Waals surface area contributed by atoms with Crippen molar-refractivity contribution in [3.05, 3.63) is 88.0 Å². The Labute approximate surface area is 245 Å². The third-order valence-electron chi connectivity index (χ3n) is 8.49. The van der Waals surface area contributed by atoms with Gasteiger partial charge < -0.3 is 4.90 Å². The van der Waals surface area contributed by atoms with Crippen LogP contribution in [0.15, 0.2) is 62.7 Å². The summed E-state index contributed by atoms with van der Waals surface area (Å²) in [6.07, 6.45) is 10.8. The largest absolute Gasteiger partial charge is 0.310 e. The average Bonchev–Trinajstić information content (AvgIpc) is 3.46. The summed E-state index contributed by atoms with van der Waals surface area (Å²) in [6.45, 7) is -0.286. The number of sulfonamides is 1. The number of fused-ring (bicyclic) bond motifs is 1. The second-order valence-corrected chi connectivity index (χ2v) is 12.9. The van der Waals surface area contributed by atoms with Gasteiger partial charge in [0.2, 0.25) is 21.7 Å². The van der Waals surface area contributed by atoms with Gasteiger partial charge in [-0.2, -0.15) is 4.31 Å². The van der Waals surface area contributed by atoms with Crippen molar-refractivity contribution >= 4 is 28.0 Å². The van der Waals surface area contributed by atoms with E-state index in [1.165, 1.54) is 36.1 Å². The molecule has 7 nitrogen and oxygen atoms in total. The summed E-state index contributed by atoms with van der Waals surface area (Å²) in [5.74, 6) is -12.4. The SMILES string of the molecule is O=C([C@H]1CCN1S(=O)(=O)c1c(F)c(F)c(F)c(F)c1F)N(Cc1ccc(C2CCCCC2)cc1)C1=CC=C2N=CN=C2C1. The molecule has 2 heterocycles. The van der Waals surface area contributed by atoms with Crippen molar-refractivity contribution < 1.29 is 35.2 Å². The number of hydrogen-bond acceptors (Lipinski definition) is 5. The molecule has 0 spiro atoms. The Balaban J connectivity index is 1.30. The summed E-state index contributed by atoms with van der Waals surface area (Å²) in [4.78, 5) is 21.8. The van der Waals surface area contributed by atoms with E-state index in [0.29, 0.717) is 27.3 Å². The van der Waals surface area contributed by atoms with Crippen molar-refractivity contribution in [2.45, 2.75) is 68.3 Å². The molecule has 13 heteroatoms. The zero-order valence-electron chi connectivity index (χ0n) is 22.9. The lowest BCUT2D eigenvalue weighted by molar-refractivity contribution is -0.137. The summed E-state index contributed by atoms with van der Waals surface area (Å²) in [5.41, 5.74) is 3.72. The Morgan fingerprint density at radius 3 is 2.16 bits per heavy atom. The molecule has 0 aromatic heterocycles. The Morgan fingerprint density at radius 1 is 0.884 bits per heavy atom. The lowest BCUT2D eigenvalue weighted by Gasteiger charge is -2.41. The van der Waals surface area contributed by atoms with E-state index in [-0.39, 0.29) is 25.9 Å². The van der Waals surface area contributed by atoms with E-state index in [2.05, 4.69) is 9.98 Å². The van der Waals surface area contributed by atoms with Gasteiger partial charge in [0.25, 0.3) is 0 Å². The number of aliphatic imine (C=N–C) groups is 2. The van der Waals surface area contributed by atoms with Gasteiger partial charge in [0.05, 0.1) is 18.0 Å². The molecule has 1 atom stereocenters. The van der Waals surface area contributed by atoms with E-state index in [9.17, 15) is 35.2 Å². The van der Waals surface area contributed by atoms with Crippen molar-refractivity contribution in [3.63, 3.8) is 0 Å². The van der Waals surface area contributed by atoms with Crippen LogP contribution in [0.5, 0.6) is 0 Å². The highest BCUT2D eigenvalue weighted by atomic mass is 32.2. The van der Waals surface area contributed by atoms with E-state index >= 15 is 0 Å². The van der Waals surface area contributed by atoms with Crippen LogP contribution < -0.4 is 0 Å². The molecule has 4 aliphatic rings. The van der Waals surface area contributed by atoms with Crippen LogP contribution in [-0.4, -0.2) is 48.2 Å². The molecule has 2 fully saturated rings. The molecule has 1 saturated heterocycles. The molecular weight excluding hydrogens is 591 g/mol. The molecule has 0 unspecified atom stereocenters. The van der Waals surface area contributed by atoms with Gasteiger partial charge in [-0.1, -0.05) is 43.5 Å². The number of carbonyl (C=O) groups excluding carboxylic acids is 1. The summed E-state index contributed by atoms with van der Waals surface area (Å²) in [6, 6.07) is 6.46. The summed E-state index contributed by atoms with van der Waals surface area (Å²) < 4.78 is 97.4. The number of carbonyl (C=O) groups is 1. The summed E-state index contributed by atoms with van der Waals surface area (Å²) in [7, 11) is -5.27. The van der Waals surface area contributed by atoms with E-state index in [1.807, 2.05) is 24.3 Å². The zero-order chi connectivity index (χ0) is 30.5. The van der Waals surface area contributed by atoms with Gasteiger partial charge in [-0.25, -0.2) is 40.4 Å². The minimum absolute atomic E-state index is 0.0109. The highest BCUT2D eigenvalue weighted by molar-refractivity contribution is 7.89. The minimum atomic E-state index is -5.27. The van der Waals surface area contributed by atoms with Crippen molar-refractivity contribution in [2.75, 3.05) is 6.54 Å². The van der Waals surface area contributed by atoms with Crippen LogP contribution in [0.4, 0.5) is 22.0 Å². The summed E-state index contributed by atoms with van der Waals surface area (Å²) in [5, 5.41) is 0. The molecule has 43 heavy (non-hydrogen) atoms. The topological polar surface area (TPSA) is 82.4 Å². The fraction of sp³-hybridized carbons (Fsp3) is 0.367. The van der Waals surface area contributed by atoms with Gasteiger partial charge in [0.15, 0.2) is 28.2 Å². The maximum absolute atomic E-state index is 14.5. The van der Waals surface area contributed by atoms with E-state index in [1.54, 1.807) is 12.2 Å². The van der Waals surface area contributed by atoms with Crippen LogP contribution in [-0.2, 0) is 21.4 Å². The van der Waals surface area contributed by atoms with E-state index in [4.69, 9.17) is 0 Å². The zero-order valence-corrected chi connectivity index (χ0v) is 23.7. The molecule has 226 valence electrons. The van der Waals surface area contributed by atoms with E-state index in [0.717, 1.165) is 18.4 Å². The molecule has 0 bridgehead atoms. The van der Waals surface area contributed by atoms with Crippen molar-refractivity contribution in [1.82, 2.24) is 9.21 Å². The predicted octanol–water partition coefficient (Wildman–Crippen LogP) is 5.88. The fourth-order valence-electron chi connectivity index (χ4n) is 6.01. The average molecular weight is 619 g/mol. The lowest BCUT2D eigenvalue weighted by Crippen LogP contribution is -2.58. The van der Waals surface area contributed by atoms with Gasteiger partial charge in [-0.15, -0.1) is 0 Å². The quantitative estimate of drug-likeness (QED) is 0.221. The maximum Gasteiger partial charge on any atom is 0.249 e. The van der Waals surface area contributed by atoms with Crippen LogP contribution in [0.1, 0.15) is 62.0 Å². The van der Waals surface area contributed by atoms with Gasteiger partial charge >= 0.3 is 0 Å². The molecular formula is C30H27F5N4O3S. The first kappa shape index (κ1) is 29.4. The molecule has 2 aromatic rings. The van der Waals surface area contributed by atoms with Crippen molar-refractivity contribution in [1.29, 1.82) is 0 Å². The second kappa shape index (κ2) is 11.4. The number of hydrogen-bond donors (Lipinski definition) is 0. The van der Waals surface area contributed by atoms with Crippen LogP contribution in [0, 0.1) is 29.1 Å². The number of benzene rings is 2. The van der Waals surface area contributed by atoms with Crippen LogP contribution in [0.3, 0.4) is 0 Å². The first-order valence-electron chi connectivity index (χ1n) is 14.0. The Bertz CT molecular complexity index is 1680. The van der Waals surface area contributed by atoms with Crippen LogP contribution in [0.25, 0.3) is 0 Å². The smallest absolute Gasteiger partial charge is 0.249 e. The molecule has 0 N–H and O–H groups in total. The van der Waals surface area contributed by atoms with Gasteiger partial charge in [0, 0.05) is 18.7 Å². The normalized spacial score (nSPS) is 20.7. The predicted molar refractivity (Wildman–Crippen MR) is 148 cm³/mol. The maximum atomic E-state index is 14.5. The van der Waals surface area contributed by atoms with Crippen molar-refractivity contribution in [3.8, 4) is 0 Å². The Morgan fingerprint density at radius 2 is 1.53 bits per heavy atom. The second-order valence-electron chi connectivity index (χ2n) is 11.0. The van der Waals surface area contributed by atoms with Crippen LogP contribution in [0.2, 0.25) is 0 Å². The molecule has 2 aliphatic carbocycles. The third kappa shape index (κ3) is 5.22. The Hall–Kier alpha value is -3.71. The first-order chi connectivity index (χ1) is 20.6. The number of nitrogens with zero attached hydrogens (tertiary/aromatic N) is 4. The highest BCUT2D eigenvalue weighted by Crippen LogP contribution is 2.36. The monoisotopic (exact) mass is 618 g/mol. The standard InChI is InChI=1S/C30H27F5N4O3S/c31-24-25(32)27(34)29(28(35)26(24)33)43(41,42)39-13-12-23(39)30(40)38(20-10-11-21-22(14-20)37-16-36-21)15-17-6-8-19(9-7-17)18-4-2-1-3-5-18/h6-11,16,18,23H,1-5,12-15H2/t23-/m1/s1. The summed E-state index contributed by atoms with van der Waals surface area (Å²) >= 11 is 0. The molecule has 2 aliphatic heterocycles. The number of halogens is 5.